The zero-order valence-corrected chi connectivity index (χ0v) is 16.3. The molecule has 2 heterocycles. The smallest absolute Gasteiger partial charge is 0.118 e. The van der Waals surface area contributed by atoms with Gasteiger partial charge in [-0.3, -0.25) is 5.10 Å². The highest BCUT2D eigenvalue weighted by molar-refractivity contribution is 6.23. The first-order valence-electron chi connectivity index (χ1n) is 9.87. The van der Waals surface area contributed by atoms with Crippen LogP contribution in [0.1, 0.15) is 11.1 Å². The quantitative estimate of drug-likeness (QED) is 0.326. The molecule has 0 aliphatic carbocycles. The number of H-pyrrole nitrogens is 1. The van der Waals surface area contributed by atoms with E-state index in [1.165, 1.54) is 43.8 Å². The Morgan fingerprint density at radius 2 is 1.45 bits per heavy atom. The van der Waals surface area contributed by atoms with Crippen molar-refractivity contribution in [1.82, 2.24) is 15.2 Å². The van der Waals surface area contributed by atoms with Crippen molar-refractivity contribution >= 4 is 43.6 Å². The van der Waals surface area contributed by atoms with Gasteiger partial charge < -0.3 is 0 Å². The fourth-order valence-corrected chi connectivity index (χ4v) is 4.54. The number of aromatic nitrogens is 3. The Bertz CT molecular complexity index is 1560. The van der Waals surface area contributed by atoms with Crippen molar-refractivity contribution in [2.45, 2.75) is 13.8 Å². The van der Waals surface area contributed by atoms with Gasteiger partial charge in [-0.1, -0.05) is 60.7 Å². The minimum Gasteiger partial charge on any atom is -0.277 e. The minimum atomic E-state index is 0.938. The summed E-state index contributed by atoms with van der Waals surface area (Å²) in [6, 6.07) is 25.5. The van der Waals surface area contributed by atoms with Gasteiger partial charge in [-0.2, -0.15) is 5.10 Å². The summed E-state index contributed by atoms with van der Waals surface area (Å²) in [4.78, 5) is 5.09. The van der Waals surface area contributed by atoms with Crippen molar-refractivity contribution < 1.29 is 0 Å². The molecule has 0 atom stereocenters. The summed E-state index contributed by atoms with van der Waals surface area (Å²) < 4.78 is 0. The third-order valence-corrected chi connectivity index (χ3v) is 5.91. The Morgan fingerprint density at radius 3 is 2.31 bits per heavy atom. The molecule has 0 aliphatic heterocycles. The average molecular weight is 373 g/mol. The molecular weight excluding hydrogens is 354 g/mol. The molecular formula is C26H19N3. The number of hydrogen-bond acceptors (Lipinski definition) is 2. The summed E-state index contributed by atoms with van der Waals surface area (Å²) in [6.45, 7) is 4.31. The van der Waals surface area contributed by atoms with E-state index in [2.05, 4.69) is 85.7 Å². The van der Waals surface area contributed by atoms with E-state index in [0.717, 1.165) is 22.1 Å². The SMILES string of the molecule is Cc1ccc(-c2ccccc2)c2c1nc1c2cc(C)c2c3ccccc3[nH]nc12. The lowest BCUT2D eigenvalue weighted by molar-refractivity contribution is 1.12. The van der Waals surface area contributed by atoms with Crippen LogP contribution in [0.25, 0.3) is 54.7 Å². The molecule has 0 radical (unpaired) electrons. The number of aromatic amines is 1. The lowest BCUT2D eigenvalue weighted by Crippen LogP contribution is -1.91. The van der Waals surface area contributed by atoms with Crippen LogP contribution in [-0.4, -0.2) is 15.2 Å². The number of benzene rings is 4. The van der Waals surface area contributed by atoms with E-state index >= 15 is 0 Å². The van der Waals surface area contributed by atoms with Crippen LogP contribution in [-0.2, 0) is 0 Å². The topological polar surface area (TPSA) is 41.6 Å². The molecule has 6 rings (SSSR count). The van der Waals surface area contributed by atoms with E-state index in [-0.39, 0.29) is 0 Å². The number of rotatable bonds is 1. The zero-order valence-electron chi connectivity index (χ0n) is 16.3. The third kappa shape index (κ3) is 2.24. The molecule has 1 N–H and O–H groups in total. The number of nitrogens with one attached hydrogen (secondary N) is 1. The maximum absolute atomic E-state index is 5.09. The third-order valence-electron chi connectivity index (χ3n) is 5.91. The van der Waals surface area contributed by atoms with E-state index in [4.69, 9.17) is 10.1 Å². The fourth-order valence-electron chi connectivity index (χ4n) is 4.54. The Hall–Kier alpha value is -3.72. The van der Waals surface area contributed by atoms with Gasteiger partial charge in [0.05, 0.1) is 16.6 Å². The maximum Gasteiger partial charge on any atom is 0.118 e. The monoisotopic (exact) mass is 373 g/mol. The molecule has 0 fully saturated rings. The molecule has 0 saturated carbocycles. The standard InChI is InChI=1S/C26H19N3/c1-15-12-13-18(17-8-4-3-5-9-17)23-20-14-16(2)22-19-10-6-7-11-21(19)28-29-26(22)25(20)27-24(15)23/h3-14,28H,1-2H3. The number of fused-ring (bicyclic) bond motifs is 7. The minimum absolute atomic E-state index is 0.938. The molecule has 138 valence electrons. The van der Waals surface area contributed by atoms with Crippen LogP contribution in [0.5, 0.6) is 0 Å². The molecule has 0 saturated heterocycles. The van der Waals surface area contributed by atoms with E-state index < -0.39 is 0 Å². The predicted molar refractivity (Wildman–Crippen MR) is 121 cm³/mol. The number of hydrogen-bond donors (Lipinski definition) is 1. The van der Waals surface area contributed by atoms with Crippen LogP contribution in [0.4, 0.5) is 0 Å². The summed E-state index contributed by atoms with van der Waals surface area (Å²) in [5, 5.41) is 12.7. The molecule has 0 unspecified atom stereocenters. The van der Waals surface area contributed by atoms with Crippen molar-refractivity contribution in [3.05, 3.63) is 83.9 Å². The molecule has 2 aromatic heterocycles. The van der Waals surface area contributed by atoms with Crippen LogP contribution >= 0.6 is 0 Å². The van der Waals surface area contributed by atoms with Crippen LogP contribution in [0.2, 0.25) is 0 Å². The van der Waals surface area contributed by atoms with Crippen molar-refractivity contribution in [2.24, 2.45) is 0 Å². The largest absolute Gasteiger partial charge is 0.277 e. The van der Waals surface area contributed by atoms with E-state index in [1.54, 1.807) is 0 Å². The highest BCUT2D eigenvalue weighted by Gasteiger charge is 2.18. The van der Waals surface area contributed by atoms with Gasteiger partial charge in [0.15, 0.2) is 0 Å². The second kappa shape index (κ2) is 5.89. The van der Waals surface area contributed by atoms with Crippen LogP contribution in [0, 0.1) is 13.8 Å². The Labute approximate surface area is 168 Å². The van der Waals surface area contributed by atoms with Gasteiger partial charge in [-0.15, -0.1) is 0 Å². The van der Waals surface area contributed by atoms with Gasteiger partial charge >= 0.3 is 0 Å². The first-order valence-corrected chi connectivity index (χ1v) is 9.87. The Balaban J connectivity index is 1.84. The summed E-state index contributed by atoms with van der Waals surface area (Å²) in [7, 11) is 0. The molecule has 0 bridgehead atoms. The van der Waals surface area contributed by atoms with Crippen LogP contribution in [0.3, 0.4) is 0 Å². The number of nitrogens with zero attached hydrogens (tertiary/aromatic N) is 2. The molecule has 0 aliphatic rings. The van der Waals surface area contributed by atoms with Crippen LogP contribution in [0.15, 0.2) is 72.8 Å². The summed E-state index contributed by atoms with van der Waals surface area (Å²) in [5.74, 6) is 0. The highest BCUT2D eigenvalue weighted by Crippen LogP contribution is 2.40. The normalized spacial score (nSPS) is 11.8. The maximum atomic E-state index is 5.09. The fraction of sp³-hybridized carbons (Fsp3) is 0.0769. The average Bonchev–Trinajstić information content (AvgIpc) is 3.15. The summed E-state index contributed by atoms with van der Waals surface area (Å²) in [5.41, 5.74) is 8.84. The van der Waals surface area contributed by atoms with Crippen molar-refractivity contribution in [1.29, 1.82) is 0 Å². The lowest BCUT2D eigenvalue weighted by Gasteiger charge is -2.09. The molecule has 0 spiro atoms. The van der Waals surface area contributed by atoms with E-state index in [0.29, 0.717) is 0 Å². The second-order valence-electron chi connectivity index (χ2n) is 7.71. The lowest BCUT2D eigenvalue weighted by atomic mass is 9.95. The molecule has 3 heteroatoms. The van der Waals surface area contributed by atoms with Gasteiger partial charge in [0.1, 0.15) is 5.52 Å². The van der Waals surface area contributed by atoms with Gasteiger partial charge in [0.25, 0.3) is 0 Å². The summed E-state index contributed by atoms with van der Waals surface area (Å²) >= 11 is 0. The Morgan fingerprint density at radius 1 is 0.655 bits per heavy atom. The van der Waals surface area contributed by atoms with Gasteiger partial charge in [-0.05, 0) is 48.2 Å². The van der Waals surface area contributed by atoms with Gasteiger partial charge in [-0.25, -0.2) is 4.98 Å². The second-order valence-corrected chi connectivity index (χ2v) is 7.71. The van der Waals surface area contributed by atoms with Crippen molar-refractivity contribution in [2.75, 3.05) is 0 Å². The van der Waals surface area contributed by atoms with Gasteiger partial charge in [0, 0.05) is 21.5 Å². The molecule has 29 heavy (non-hydrogen) atoms. The molecule has 6 aromatic rings. The summed E-state index contributed by atoms with van der Waals surface area (Å²) in [6.07, 6.45) is 0. The van der Waals surface area contributed by atoms with Crippen molar-refractivity contribution in [3.63, 3.8) is 0 Å². The first kappa shape index (κ1) is 16.3. The van der Waals surface area contributed by atoms with Crippen molar-refractivity contribution in [3.8, 4) is 11.1 Å². The van der Waals surface area contributed by atoms with Crippen LogP contribution < -0.4 is 0 Å². The number of aryl methyl sites for hydroxylation is 2. The molecule has 0 amide bonds. The zero-order chi connectivity index (χ0) is 19.5. The first-order chi connectivity index (χ1) is 14.2. The molecule has 3 nitrogen and oxygen atoms in total. The van der Waals surface area contributed by atoms with E-state index in [9.17, 15) is 0 Å². The molecule has 4 aromatic carbocycles. The number of para-hydroxylation sites is 1. The van der Waals surface area contributed by atoms with E-state index in [1.807, 2.05) is 6.07 Å². The highest BCUT2D eigenvalue weighted by atomic mass is 15.1. The van der Waals surface area contributed by atoms with Gasteiger partial charge in [0.2, 0.25) is 0 Å². The Kier molecular flexibility index (Phi) is 3.30. The predicted octanol–water partition coefficient (Wildman–Crippen LogP) is 6.70.